The number of carboxylic acid groups (broad SMARTS) is 1. The summed E-state index contributed by atoms with van der Waals surface area (Å²) in [7, 11) is -3.87. The van der Waals surface area contributed by atoms with E-state index in [-0.39, 0.29) is 18.2 Å². The Hall–Kier alpha value is -2.58. The molecule has 1 saturated carbocycles. The molecule has 2 aliphatic rings. The molecule has 0 bridgehead atoms. The number of nitrogens with two attached hydrogens (primary N) is 1. The summed E-state index contributed by atoms with van der Waals surface area (Å²) in [6.45, 7) is -0.200. The number of sulfone groups is 1. The van der Waals surface area contributed by atoms with Crippen molar-refractivity contribution in [3.63, 3.8) is 0 Å². The first kappa shape index (κ1) is 16.9. The van der Waals surface area contributed by atoms with E-state index in [1.54, 1.807) is 36.4 Å². The molecule has 3 atom stereocenters. The van der Waals surface area contributed by atoms with Crippen LogP contribution in [0.15, 0.2) is 53.4 Å². The van der Waals surface area contributed by atoms with Crippen molar-refractivity contribution in [3.05, 3.63) is 54.1 Å². The van der Waals surface area contributed by atoms with Crippen LogP contribution in [0.3, 0.4) is 0 Å². The van der Waals surface area contributed by atoms with E-state index in [9.17, 15) is 18.3 Å². The Morgan fingerprint density at radius 3 is 2.50 bits per heavy atom. The molecule has 1 aliphatic heterocycles. The highest BCUT2D eigenvalue weighted by atomic mass is 32.2. The molecule has 0 spiro atoms. The number of ether oxygens (including phenoxy) is 2. The fraction of sp³-hybridized carbons (Fsp3) is 0.278. The summed E-state index contributed by atoms with van der Waals surface area (Å²) in [6, 6.07) is 12.8. The van der Waals surface area contributed by atoms with Crippen LogP contribution in [0.4, 0.5) is 0 Å². The standard InChI is InChI=1S/C18H17NO6S/c19-9-18(17(20)21)15(11-6-7-13-14(8-11)25-10-24-13)16(18)26(22,23)12-4-2-1-3-5-12/h1-8,15-16H,9-10,19H2,(H,20,21)/t15-,16+,18-/m0/s1. The summed E-state index contributed by atoms with van der Waals surface area (Å²) < 4.78 is 36.8. The van der Waals surface area contributed by atoms with Gasteiger partial charge in [-0.25, -0.2) is 8.42 Å². The molecule has 3 N–H and O–H groups in total. The van der Waals surface area contributed by atoms with Crippen molar-refractivity contribution in [1.82, 2.24) is 0 Å². The van der Waals surface area contributed by atoms with Gasteiger partial charge < -0.3 is 20.3 Å². The normalized spacial score (nSPS) is 26.5. The molecule has 2 aromatic carbocycles. The lowest BCUT2D eigenvalue weighted by Crippen LogP contribution is -2.31. The molecule has 0 saturated heterocycles. The van der Waals surface area contributed by atoms with Crippen LogP contribution in [-0.2, 0) is 14.6 Å². The topological polar surface area (TPSA) is 116 Å². The summed E-state index contributed by atoms with van der Waals surface area (Å²) in [5, 5.41) is 8.67. The van der Waals surface area contributed by atoms with Crippen LogP contribution in [0.1, 0.15) is 11.5 Å². The molecule has 4 rings (SSSR count). The van der Waals surface area contributed by atoms with Crippen molar-refractivity contribution in [1.29, 1.82) is 0 Å². The highest BCUT2D eigenvalue weighted by Gasteiger charge is 2.75. The largest absolute Gasteiger partial charge is 0.481 e. The summed E-state index contributed by atoms with van der Waals surface area (Å²) in [6.07, 6.45) is 0. The zero-order valence-corrected chi connectivity index (χ0v) is 14.5. The number of rotatable bonds is 5. The van der Waals surface area contributed by atoms with Crippen LogP contribution < -0.4 is 15.2 Å². The van der Waals surface area contributed by atoms with Crippen molar-refractivity contribution >= 4 is 15.8 Å². The number of fused-ring (bicyclic) bond motifs is 1. The van der Waals surface area contributed by atoms with Gasteiger partial charge in [-0.1, -0.05) is 24.3 Å². The first-order valence-electron chi connectivity index (χ1n) is 8.05. The summed E-state index contributed by atoms with van der Waals surface area (Å²) >= 11 is 0. The molecule has 0 amide bonds. The smallest absolute Gasteiger partial charge is 0.312 e. The lowest BCUT2D eigenvalue weighted by Gasteiger charge is -2.10. The average molecular weight is 375 g/mol. The second kappa shape index (κ2) is 5.72. The van der Waals surface area contributed by atoms with Gasteiger partial charge in [0.25, 0.3) is 0 Å². The Kier molecular flexibility index (Phi) is 3.71. The molecule has 0 aromatic heterocycles. The van der Waals surface area contributed by atoms with Gasteiger partial charge in [0.15, 0.2) is 21.3 Å². The third kappa shape index (κ3) is 2.22. The molecule has 1 heterocycles. The lowest BCUT2D eigenvalue weighted by molar-refractivity contribution is -0.143. The maximum absolute atomic E-state index is 13.1. The molecule has 0 unspecified atom stereocenters. The predicted octanol–water partition coefficient (Wildman–Crippen LogP) is 1.38. The quantitative estimate of drug-likeness (QED) is 0.811. The SMILES string of the molecule is NC[C@@]1(C(=O)O)[C@H](S(=O)(=O)c2ccccc2)[C@@H]1c1ccc2c(c1)OCO2. The molecule has 7 nitrogen and oxygen atoms in total. The summed E-state index contributed by atoms with van der Waals surface area (Å²) in [4.78, 5) is 12.1. The minimum atomic E-state index is -3.87. The van der Waals surface area contributed by atoms with Crippen molar-refractivity contribution in [2.75, 3.05) is 13.3 Å². The third-order valence-electron chi connectivity index (χ3n) is 5.15. The highest BCUT2D eigenvalue weighted by molar-refractivity contribution is 7.92. The fourth-order valence-electron chi connectivity index (χ4n) is 3.78. The van der Waals surface area contributed by atoms with Crippen molar-refractivity contribution in [2.45, 2.75) is 16.1 Å². The van der Waals surface area contributed by atoms with Gasteiger partial charge in [-0.3, -0.25) is 4.79 Å². The van der Waals surface area contributed by atoms with Crippen LogP contribution in [-0.4, -0.2) is 38.1 Å². The minimum absolute atomic E-state index is 0.0795. The van der Waals surface area contributed by atoms with Crippen LogP contribution in [0.25, 0.3) is 0 Å². The summed E-state index contributed by atoms with van der Waals surface area (Å²) in [5.74, 6) is -0.955. The highest BCUT2D eigenvalue weighted by Crippen LogP contribution is 2.64. The Morgan fingerprint density at radius 2 is 1.85 bits per heavy atom. The molecular formula is C18H17NO6S. The average Bonchev–Trinajstić information content (AvgIpc) is 3.15. The Labute approximate surface area is 150 Å². The predicted molar refractivity (Wildman–Crippen MR) is 91.8 cm³/mol. The van der Waals surface area contributed by atoms with Crippen molar-refractivity contribution < 1.29 is 27.8 Å². The van der Waals surface area contributed by atoms with E-state index in [2.05, 4.69) is 0 Å². The molecule has 1 aliphatic carbocycles. The second-order valence-electron chi connectivity index (χ2n) is 6.42. The number of carbonyl (C=O) groups is 1. The number of hydrogen-bond donors (Lipinski definition) is 2. The maximum Gasteiger partial charge on any atom is 0.312 e. The lowest BCUT2D eigenvalue weighted by atomic mass is 9.99. The van der Waals surface area contributed by atoms with Gasteiger partial charge >= 0.3 is 5.97 Å². The van der Waals surface area contributed by atoms with Crippen molar-refractivity contribution in [3.8, 4) is 11.5 Å². The maximum atomic E-state index is 13.1. The van der Waals surface area contributed by atoms with E-state index >= 15 is 0 Å². The molecule has 1 fully saturated rings. The van der Waals surface area contributed by atoms with Gasteiger partial charge in [-0.15, -0.1) is 0 Å². The Morgan fingerprint density at radius 1 is 1.15 bits per heavy atom. The number of benzene rings is 2. The van der Waals surface area contributed by atoms with Gasteiger partial charge in [-0.05, 0) is 29.8 Å². The minimum Gasteiger partial charge on any atom is -0.481 e. The fourth-order valence-corrected chi connectivity index (χ4v) is 6.19. The molecular weight excluding hydrogens is 358 g/mol. The molecule has 26 heavy (non-hydrogen) atoms. The van der Waals surface area contributed by atoms with Gasteiger partial charge in [-0.2, -0.15) is 0 Å². The van der Waals surface area contributed by atoms with E-state index in [0.29, 0.717) is 17.1 Å². The zero-order valence-electron chi connectivity index (χ0n) is 13.7. The van der Waals surface area contributed by atoms with E-state index < -0.39 is 32.4 Å². The van der Waals surface area contributed by atoms with Crippen LogP contribution in [0, 0.1) is 5.41 Å². The summed E-state index contributed by atoms with van der Waals surface area (Å²) in [5.41, 5.74) is 4.77. The number of carboxylic acids is 1. The third-order valence-corrected chi connectivity index (χ3v) is 7.44. The molecule has 8 heteroatoms. The molecule has 0 radical (unpaired) electrons. The monoisotopic (exact) mass is 375 g/mol. The zero-order chi connectivity index (χ0) is 18.5. The molecule has 2 aromatic rings. The number of hydrogen-bond acceptors (Lipinski definition) is 6. The number of aliphatic carboxylic acids is 1. The van der Waals surface area contributed by atoms with Gasteiger partial charge in [0.1, 0.15) is 5.41 Å². The van der Waals surface area contributed by atoms with Crippen LogP contribution >= 0.6 is 0 Å². The van der Waals surface area contributed by atoms with E-state index in [0.717, 1.165) is 0 Å². The van der Waals surface area contributed by atoms with Crippen LogP contribution in [0.2, 0.25) is 0 Å². The Balaban J connectivity index is 1.81. The van der Waals surface area contributed by atoms with E-state index in [4.69, 9.17) is 15.2 Å². The van der Waals surface area contributed by atoms with Gasteiger partial charge in [0, 0.05) is 12.5 Å². The Bertz CT molecular complexity index is 974. The molecule has 136 valence electrons. The second-order valence-corrected chi connectivity index (χ2v) is 8.49. The van der Waals surface area contributed by atoms with E-state index in [1.807, 2.05) is 0 Å². The van der Waals surface area contributed by atoms with Gasteiger partial charge in [0.2, 0.25) is 6.79 Å². The van der Waals surface area contributed by atoms with E-state index in [1.165, 1.54) is 12.1 Å². The van der Waals surface area contributed by atoms with Crippen molar-refractivity contribution in [2.24, 2.45) is 11.1 Å². The van der Waals surface area contributed by atoms with Gasteiger partial charge in [0.05, 0.1) is 10.1 Å². The first-order chi connectivity index (χ1) is 12.4. The van der Waals surface area contributed by atoms with Crippen LogP contribution in [0.5, 0.6) is 11.5 Å². The first-order valence-corrected chi connectivity index (χ1v) is 9.59.